The minimum Gasteiger partial charge on any atom is -0.398 e. The molecule has 2 rings (SSSR count). The van der Waals surface area contributed by atoms with E-state index < -0.39 is 16.6 Å². The summed E-state index contributed by atoms with van der Waals surface area (Å²) in [6.45, 7) is 9.81. The van der Waals surface area contributed by atoms with Gasteiger partial charge >= 0.3 is 6.09 Å². The SMILES string of the molecule is CC[C@H](C)N(C(=O)Oc1cc(-c2ccc([N+](=O)[O-])cc2N)ccn1)C(C)(C)C. The van der Waals surface area contributed by atoms with Gasteiger partial charge in [-0.05, 0) is 51.8 Å². The minimum atomic E-state index is -0.504. The molecule has 1 amide bonds. The van der Waals surface area contributed by atoms with E-state index in [0.29, 0.717) is 11.1 Å². The molecule has 28 heavy (non-hydrogen) atoms. The van der Waals surface area contributed by atoms with Crippen LogP contribution in [0.2, 0.25) is 0 Å². The van der Waals surface area contributed by atoms with Gasteiger partial charge in [0.15, 0.2) is 0 Å². The van der Waals surface area contributed by atoms with Crippen LogP contribution in [0, 0.1) is 10.1 Å². The number of nitro benzene ring substituents is 1. The molecule has 1 atom stereocenters. The fourth-order valence-corrected chi connectivity index (χ4v) is 3.00. The van der Waals surface area contributed by atoms with Crippen LogP contribution in [0.25, 0.3) is 11.1 Å². The van der Waals surface area contributed by atoms with Crippen molar-refractivity contribution in [3.63, 3.8) is 0 Å². The van der Waals surface area contributed by atoms with Gasteiger partial charge in [-0.15, -0.1) is 0 Å². The van der Waals surface area contributed by atoms with Crippen molar-refractivity contribution >= 4 is 17.5 Å². The molecule has 0 aliphatic carbocycles. The van der Waals surface area contributed by atoms with E-state index in [4.69, 9.17) is 10.5 Å². The average molecular weight is 386 g/mol. The number of hydrogen-bond acceptors (Lipinski definition) is 6. The zero-order chi connectivity index (χ0) is 21.1. The molecule has 1 aromatic heterocycles. The van der Waals surface area contributed by atoms with Gasteiger partial charge in [-0.1, -0.05) is 6.92 Å². The molecule has 150 valence electrons. The van der Waals surface area contributed by atoms with Gasteiger partial charge in [0, 0.05) is 47.2 Å². The fraction of sp³-hybridized carbons (Fsp3) is 0.400. The third-order valence-electron chi connectivity index (χ3n) is 4.43. The zero-order valence-corrected chi connectivity index (χ0v) is 16.8. The first-order chi connectivity index (χ1) is 13.0. The Hall–Kier alpha value is -3.16. The molecule has 0 bridgehead atoms. The topological polar surface area (TPSA) is 112 Å². The molecule has 0 spiro atoms. The highest BCUT2D eigenvalue weighted by atomic mass is 16.6. The summed E-state index contributed by atoms with van der Waals surface area (Å²) in [5.41, 5.74) is 6.97. The number of hydrogen-bond donors (Lipinski definition) is 1. The maximum absolute atomic E-state index is 12.8. The maximum Gasteiger partial charge on any atom is 0.417 e. The van der Waals surface area contributed by atoms with Crippen molar-refractivity contribution in [3.8, 4) is 17.0 Å². The third-order valence-corrected chi connectivity index (χ3v) is 4.43. The molecule has 8 heteroatoms. The number of aromatic nitrogens is 1. The summed E-state index contributed by atoms with van der Waals surface area (Å²) in [6, 6.07) is 7.53. The lowest BCUT2D eigenvalue weighted by Crippen LogP contribution is -2.51. The number of carbonyl (C=O) groups excluding carboxylic acids is 1. The molecule has 0 aliphatic heterocycles. The Morgan fingerprint density at radius 1 is 1.32 bits per heavy atom. The van der Waals surface area contributed by atoms with E-state index in [1.165, 1.54) is 18.3 Å². The molecule has 8 nitrogen and oxygen atoms in total. The predicted octanol–water partition coefficient (Wildman–Crippen LogP) is 4.64. The number of pyridine rings is 1. The number of ether oxygens (including phenoxy) is 1. The molecule has 2 N–H and O–H groups in total. The van der Waals surface area contributed by atoms with Crippen molar-refractivity contribution in [2.75, 3.05) is 5.73 Å². The van der Waals surface area contributed by atoms with Gasteiger partial charge in [0.05, 0.1) is 4.92 Å². The smallest absolute Gasteiger partial charge is 0.398 e. The molecule has 0 radical (unpaired) electrons. The molecule has 0 fully saturated rings. The molecule has 0 unspecified atom stereocenters. The molecule has 0 saturated heterocycles. The summed E-state index contributed by atoms with van der Waals surface area (Å²) in [5, 5.41) is 10.9. The first kappa shape index (κ1) is 21.1. The van der Waals surface area contributed by atoms with Crippen LogP contribution < -0.4 is 10.5 Å². The van der Waals surface area contributed by atoms with Crippen LogP contribution in [0.5, 0.6) is 5.88 Å². The predicted molar refractivity (Wildman–Crippen MR) is 108 cm³/mol. The van der Waals surface area contributed by atoms with Crippen molar-refractivity contribution < 1.29 is 14.5 Å². The second-order valence-electron chi connectivity index (χ2n) is 7.58. The summed E-state index contributed by atoms with van der Waals surface area (Å²) in [6.07, 6.45) is 1.81. The number of carbonyl (C=O) groups is 1. The van der Waals surface area contributed by atoms with Crippen LogP contribution >= 0.6 is 0 Å². The lowest BCUT2D eigenvalue weighted by atomic mass is 10.0. The highest BCUT2D eigenvalue weighted by Crippen LogP contribution is 2.31. The van der Waals surface area contributed by atoms with E-state index in [9.17, 15) is 14.9 Å². The van der Waals surface area contributed by atoms with Gasteiger partial charge in [-0.2, -0.15) is 0 Å². The average Bonchev–Trinajstić information content (AvgIpc) is 2.60. The van der Waals surface area contributed by atoms with E-state index in [0.717, 1.165) is 6.42 Å². The van der Waals surface area contributed by atoms with Gasteiger partial charge < -0.3 is 15.4 Å². The second kappa shape index (κ2) is 8.24. The Morgan fingerprint density at radius 2 is 2.00 bits per heavy atom. The van der Waals surface area contributed by atoms with E-state index in [-0.39, 0.29) is 23.3 Å². The maximum atomic E-state index is 12.8. The lowest BCUT2D eigenvalue weighted by molar-refractivity contribution is -0.384. The third kappa shape index (κ3) is 4.76. The Labute approximate surface area is 164 Å². The molecule has 1 heterocycles. The van der Waals surface area contributed by atoms with E-state index in [2.05, 4.69) is 4.98 Å². The lowest BCUT2D eigenvalue weighted by Gasteiger charge is -2.38. The van der Waals surface area contributed by atoms with Crippen molar-refractivity contribution in [1.29, 1.82) is 0 Å². The normalized spacial score (nSPS) is 12.3. The molecular weight excluding hydrogens is 360 g/mol. The number of nitrogen functional groups attached to an aromatic ring is 1. The molecule has 0 saturated carbocycles. The van der Waals surface area contributed by atoms with Gasteiger partial charge in [-0.25, -0.2) is 9.78 Å². The van der Waals surface area contributed by atoms with Gasteiger partial charge in [0.1, 0.15) is 0 Å². The van der Waals surface area contributed by atoms with E-state index in [1.54, 1.807) is 23.1 Å². The first-order valence-electron chi connectivity index (χ1n) is 9.06. The number of anilines is 1. The van der Waals surface area contributed by atoms with Gasteiger partial charge in [0.2, 0.25) is 5.88 Å². The van der Waals surface area contributed by atoms with Gasteiger partial charge in [-0.3, -0.25) is 10.1 Å². The van der Waals surface area contributed by atoms with E-state index in [1.807, 2.05) is 34.6 Å². The molecule has 1 aromatic carbocycles. The standard InChI is InChI=1S/C20H26N4O4/c1-6-13(2)23(20(3,4)5)19(25)28-18-11-14(9-10-22-18)16-8-7-15(24(26)27)12-17(16)21/h7-13H,6,21H2,1-5H3/t13-/m0/s1. The first-order valence-corrected chi connectivity index (χ1v) is 9.06. The van der Waals surface area contributed by atoms with Crippen molar-refractivity contribution in [2.45, 2.75) is 52.6 Å². The van der Waals surface area contributed by atoms with Crippen molar-refractivity contribution in [3.05, 3.63) is 46.6 Å². The van der Waals surface area contributed by atoms with Crippen LogP contribution in [0.4, 0.5) is 16.2 Å². The van der Waals surface area contributed by atoms with E-state index >= 15 is 0 Å². The monoisotopic (exact) mass is 386 g/mol. The molecule has 2 aromatic rings. The zero-order valence-electron chi connectivity index (χ0n) is 16.8. The summed E-state index contributed by atoms with van der Waals surface area (Å²) in [4.78, 5) is 28.9. The Balaban J connectivity index is 2.31. The number of nitro groups is 1. The van der Waals surface area contributed by atoms with Gasteiger partial charge in [0.25, 0.3) is 5.69 Å². The van der Waals surface area contributed by atoms with Crippen molar-refractivity contribution in [2.24, 2.45) is 0 Å². The van der Waals surface area contributed by atoms with Crippen LogP contribution in [-0.2, 0) is 0 Å². The van der Waals surface area contributed by atoms with Crippen LogP contribution in [0.15, 0.2) is 36.5 Å². The Bertz CT molecular complexity index is 877. The summed E-state index contributed by atoms with van der Waals surface area (Å²) in [5.74, 6) is 0.137. The quantitative estimate of drug-likeness (QED) is 0.455. The van der Waals surface area contributed by atoms with Crippen LogP contribution in [0.3, 0.4) is 0 Å². The van der Waals surface area contributed by atoms with Crippen LogP contribution in [-0.4, -0.2) is 32.5 Å². The Morgan fingerprint density at radius 3 is 2.54 bits per heavy atom. The summed E-state index contributed by atoms with van der Waals surface area (Å²) < 4.78 is 5.52. The Kier molecular flexibility index (Phi) is 6.23. The number of non-ortho nitro benzene ring substituents is 1. The van der Waals surface area contributed by atoms with Crippen LogP contribution in [0.1, 0.15) is 41.0 Å². The summed E-state index contributed by atoms with van der Waals surface area (Å²) >= 11 is 0. The highest BCUT2D eigenvalue weighted by Gasteiger charge is 2.32. The van der Waals surface area contributed by atoms with Crippen molar-refractivity contribution in [1.82, 2.24) is 9.88 Å². The second-order valence-corrected chi connectivity index (χ2v) is 7.58. The largest absolute Gasteiger partial charge is 0.417 e. The minimum absolute atomic E-state index is 0.000926. The number of benzene rings is 1. The number of amides is 1. The molecule has 0 aliphatic rings. The highest BCUT2D eigenvalue weighted by molar-refractivity contribution is 5.79. The fourth-order valence-electron chi connectivity index (χ4n) is 3.00. The summed E-state index contributed by atoms with van der Waals surface area (Å²) in [7, 11) is 0. The number of nitrogens with two attached hydrogens (primary N) is 1. The number of rotatable bonds is 5. The number of nitrogens with zero attached hydrogens (tertiary/aromatic N) is 3. The molecular formula is C20H26N4O4.